The van der Waals surface area contributed by atoms with Gasteiger partial charge in [0.1, 0.15) is 30.9 Å². The van der Waals surface area contributed by atoms with E-state index < -0.39 is 48.2 Å². The second-order valence-corrected chi connectivity index (χ2v) is 15.4. The number of hydrogen-bond donors (Lipinski definition) is 7. The minimum atomic E-state index is -3.35. The standard InChI is InChI=1S/C16H17N2O7PS.C8H10N2O3S.C8H10O5P.2CH3F/c19-13-7-8-18(15(27)17-13)14-6-5-12(23-14)16(20,21)25-26-22-9-10-3-1-2-4-11(10)24-26;11-5-3-4-10(8(14)9-5)6-1-2-7(12)13-6;9-6-12-14(10)11-5-7-3-1-2-4-8(7)13-14;2*1-2/h1-4,7-8,12,14,20-21H,5-6,9H2,(H,17,19,27);3-4,6-7,12H,1-2H2,(H,9,11,14);1-4,9-10H,5-6H2;2*1H3/q;;+1;;/t;6?,7-;;;/m.0.../s1. The van der Waals surface area contributed by atoms with Gasteiger partial charge in [-0.1, -0.05) is 36.4 Å². The Hall–Kier alpha value is -3.48. The average Bonchev–Trinajstić information content (AvgIpc) is 3.90. The van der Waals surface area contributed by atoms with Gasteiger partial charge >= 0.3 is 22.7 Å². The van der Waals surface area contributed by atoms with E-state index in [-0.39, 0.29) is 35.3 Å². The Morgan fingerprint density at radius 3 is 1.93 bits per heavy atom. The Kier molecular flexibility index (Phi) is 18.7. The van der Waals surface area contributed by atoms with Crippen molar-refractivity contribution >= 4 is 41.2 Å². The summed E-state index contributed by atoms with van der Waals surface area (Å²) in [5, 5.41) is 38.4. The minimum absolute atomic E-state index is 0.190. The molecular formula is C34H43F2N4O15P2S2+. The van der Waals surface area contributed by atoms with Crippen molar-refractivity contribution in [2.45, 2.75) is 69.7 Å². The van der Waals surface area contributed by atoms with Crippen molar-refractivity contribution in [2.24, 2.45) is 0 Å². The Balaban J connectivity index is 0.000000203. The molecule has 0 amide bonds. The molecule has 5 unspecified atom stereocenters. The Bertz CT molecular complexity index is 2180. The van der Waals surface area contributed by atoms with Crippen LogP contribution in [0.4, 0.5) is 8.78 Å². The number of hydrogen-bond acceptors (Lipinski definition) is 17. The van der Waals surface area contributed by atoms with Gasteiger partial charge in [0.25, 0.3) is 11.1 Å². The van der Waals surface area contributed by atoms with E-state index in [2.05, 4.69) is 14.5 Å². The molecule has 8 rings (SSSR count). The lowest BCUT2D eigenvalue weighted by Crippen LogP contribution is -2.44. The number of aliphatic hydroxyl groups excluding tert-OH is 2. The fourth-order valence-electron chi connectivity index (χ4n) is 5.52. The molecule has 4 aromatic rings. The number of aromatic amines is 2. The van der Waals surface area contributed by atoms with Crippen LogP contribution in [-0.2, 0) is 40.8 Å². The topological polar surface area (TPSA) is 251 Å². The zero-order valence-corrected chi connectivity index (χ0v) is 34.8. The van der Waals surface area contributed by atoms with Crippen LogP contribution in [0.25, 0.3) is 0 Å². The van der Waals surface area contributed by atoms with Crippen molar-refractivity contribution < 1.29 is 70.7 Å². The molecule has 2 saturated heterocycles. The maximum absolute atomic E-state index is 11.3. The maximum atomic E-state index is 11.3. The van der Waals surface area contributed by atoms with E-state index in [1.54, 1.807) is 39.6 Å². The Morgan fingerprint density at radius 2 is 1.37 bits per heavy atom. The molecule has 6 atom stereocenters. The van der Waals surface area contributed by atoms with Crippen LogP contribution in [0.2, 0.25) is 0 Å². The molecule has 25 heteroatoms. The largest absolute Gasteiger partial charge is 0.621 e. The third-order valence-corrected chi connectivity index (χ3v) is 11.2. The highest BCUT2D eigenvalue weighted by atomic mass is 32.1. The first-order valence-electron chi connectivity index (χ1n) is 17.3. The summed E-state index contributed by atoms with van der Waals surface area (Å²) in [6.07, 6.45) is 2.53. The second-order valence-electron chi connectivity index (χ2n) is 12.0. The van der Waals surface area contributed by atoms with Crippen molar-refractivity contribution in [3.05, 3.63) is 114 Å². The molecule has 19 nitrogen and oxygen atoms in total. The van der Waals surface area contributed by atoms with Crippen LogP contribution in [0.3, 0.4) is 0 Å². The van der Waals surface area contributed by atoms with E-state index >= 15 is 0 Å². The van der Waals surface area contributed by atoms with Gasteiger partial charge in [0.2, 0.25) is 0 Å². The number of benzene rings is 2. The third-order valence-electron chi connectivity index (χ3n) is 8.18. The molecule has 7 N–H and O–H groups in total. The predicted molar refractivity (Wildman–Crippen MR) is 211 cm³/mol. The number of para-hydroxylation sites is 2. The van der Waals surface area contributed by atoms with Gasteiger partial charge in [0.15, 0.2) is 28.4 Å². The zero-order chi connectivity index (χ0) is 43.2. The van der Waals surface area contributed by atoms with Crippen molar-refractivity contribution in [2.75, 3.05) is 21.1 Å². The number of nitrogens with one attached hydrogen (secondary N) is 2. The third kappa shape index (κ3) is 13.5. The van der Waals surface area contributed by atoms with Crippen LogP contribution in [0, 0.1) is 9.54 Å². The first kappa shape index (κ1) is 48.2. The van der Waals surface area contributed by atoms with Crippen molar-refractivity contribution in [3.8, 4) is 11.5 Å². The number of ether oxygens (including phenoxy) is 2. The lowest BCUT2D eigenvalue weighted by molar-refractivity contribution is -0.346. The molecular weight excluding hydrogens is 868 g/mol. The molecule has 0 aliphatic carbocycles. The van der Waals surface area contributed by atoms with Gasteiger partial charge in [-0.2, -0.15) is 4.89 Å². The summed E-state index contributed by atoms with van der Waals surface area (Å²) in [6.45, 7) is -0.161. The average molecular weight is 912 g/mol. The number of fused-ring (bicyclic) bond motifs is 2. The summed E-state index contributed by atoms with van der Waals surface area (Å²) in [6, 6.07) is 17.1. The lowest BCUT2D eigenvalue weighted by Gasteiger charge is -2.32. The van der Waals surface area contributed by atoms with E-state index in [1.807, 2.05) is 24.3 Å². The fraction of sp³-hybridized carbons (Fsp3) is 0.412. The molecule has 0 spiro atoms. The highest BCUT2D eigenvalue weighted by Gasteiger charge is 2.50. The molecule has 4 aliphatic heterocycles. The van der Waals surface area contributed by atoms with Crippen LogP contribution in [0.1, 0.15) is 49.3 Å². The Morgan fingerprint density at radius 1 is 0.831 bits per heavy atom. The van der Waals surface area contributed by atoms with Gasteiger partial charge in [0.05, 0.1) is 21.0 Å². The van der Waals surface area contributed by atoms with Gasteiger partial charge in [-0.05, 0) is 55.8 Å². The van der Waals surface area contributed by atoms with Crippen LogP contribution in [-0.4, -0.2) is 83.9 Å². The summed E-state index contributed by atoms with van der Waals surface area (Å²) in [7, 11) is -4.34. The van der Waals surface area contributed by atoms with Gasteiger partial charge in [-0.25, -0.2) is 4.52 Å². The smallest absolute Gasteiger partial charge is 0.426 e. The zero-order valence-electron chi connectivity index (χ0n) is 31.4. The minimum Gasteiger partial charge on any atom is -0.426 e. The van der Waals surface area contributed by atoms with Crippen LogP contribution in [0.5, 0.6) is 11.5 Å². The number of aromatic nitrogens is 4. The number of aliphatic hydroxyl groups is 4. The van der Waals surface area contributed by atoms with Crippen LogP contribution < -0.4 is 20.2 Å². The van der Waals surface area contributed by atoms with Crippen molar-refractivity contribution in [1.29, 1.82) is 0 Å². The number of rotatable bonds is 7. The molecule has 0 bridgehead atoms. The van der Waals surface area contributed by atoms with E-state index in [4.69, 9.17) is 66.7 Å². The summed E-state index contributed by atoms with van der Waals surface area (Å²) in [5.41, 5.74) is 1.15. The summed E-state index contributed by atoms with van der Waals surface area (Å²) in [4.78, 5) is 36.8. The molecule has 4 aliphatic rings. The van der Waals surface area contributed by atoms with Gasteiger partial charge in [-0.3, -0.25) is 46.5 Å². The molecule has 0 saturated carbocycles. The summed E-state index contributed by atoms with van der Waals surface area (Å²) < 4.78 is 64.5. The number of alkyl halides is 2. The predicted octanol–water partition coefficient (Wildman–Crippen LogP) is 5.01. The van der Waals surface area contributed by atoms with Crippen LogP contribution in [0.15, 0.2) is 82.6 Å². The highest BCUT2D eigenvalue weighted by Crippen LogP contribution is 2.61. The number of nitrogens with zero attached hydrogens (tertiary/aromatic N) is 2. The number of H-pyrrole nitrogens is 2. The quantitative estimate of drug-likeness (QED) is 0.0731. The van der Waals surface area contributed by atoms with E-state index in [9.17, 15) is 33.5 Å². The van der Waals surface area contributed by atoms with E-state index in [0.717, 1.165) is 11.1 Å². The summed E-state index contributed by atoms with van der Waals surface area (Å²) >= 11 is 10.1. The maximum Gasteiger partial charge on any atom is 0.621 e. The first-order chi connectivity index (χ1) is 28.3. The van der Waals surface area contributed by atoms with Gasteiger partial charge in [0, 0.05) is 42.1 Å². The molecule has 6 heterocycles. The van der Waals surface area contributed by atoms with E-state index in [0.29, 0.717) is 56.3 Å². The first-order valence-corrected chi connectivity index (χ1v) is 20.7. The van der Waals surface area contributed by atoms with Crippen LogP contribution >= 0.6 is 41.2 Å². The monoisotopic (exact) mass is 911 g/mol. The molecule has 0 radical (unpaired) electrons. The molecule has 2 fully saturated rings. The summed E-state index contributed by atoms with van der Waals surface area (Å²) in [5.74, 6) is -1.49. The van der Waals surface area contributed by atoms with Crippen molar-refractivity contribution in [3.63, 3.8) is 0 Å². The lowest BCUT2D eigenvalue weighted by atomic mass is 10.2. The normalized spacial score (nSPS) is 24.0. The highest BCUT2D eigenvalue weighted by molar-refractivity contribution is 7.71. The molecule has 324 valence electrons. The molecule has 2 aromatic heterocycles. The molecule has 2 aromatic carbocycles. The fourth-order valence-corrected chi connectivity index (χ4v) is 8.20. The number of halogens is 2. The SMILES string of the molecule is CF.CF.O=c1ccn(C2CCC(C(O)(O)OP3OCc4ccccc4O3)O2)c(=S)[nH]1.O=c1ccn(C2CC[C@@H](O)O2)c(=S)[nH]1.OCO[P+]1(O)OCc2ccccc2O1. The molecule has 59 heavy (non-hydrogen) atoms. The van der Waals surface area contributed by atoms with Gasteiger partial charge in [-0.15, -0.1) is 9.05 Å². The second kappa shape index (κ2) is 22.9. The van der Waals surface area contributed by atoms with Crippen molar-refractivity contribution in [1.82, 2.24) is 19.1 Å². The van der Waals surface area contributed by atoms with E-state index in [1.165, 1.54) is 18.3 Å². The van der Waals surface area contributed by atoms with Gasteiger partial charge < -0.3 is 34.4 Å². The Labute approximate surface area is 346 Å².